The van der Waals surface area contributed by atoms with Crippen molar-refractivity contribution in [3.8, 4) is 45.0 Å². The molecule has 2 heterocycles. The lowest BCUT2D eigenvalue weighted by atomic mass is 9.85. The molecule has 4 heteroatoms. The van der Waals surface area contributed by atoms with Crippen LogP contribution in [0.15, 0.2) is 134 Å². The standard InChI is InChI=1S/C34H22N4/c1-3-10-23(11-4-1)32-26-14-7-8-15-27(26)33(24-12-5-2-6-13-24)29-20-25(18-19-28(29)32)30-16-9-17-31(38-30)34-36-21-35-22-37-34/h1-22H. The first-order valence-electron chi connectivity index (χ1n) is 12.6. The molecule has 7 aromatic rings. The molecule has 0 N–H and O–H groups in total. The minimum atomic E-state index is 0.560. The third kappa shape index (κ3) is 3.80. The van der Waals surface area contributed by atoms with Crippen LogP contribution in [0.5, 0.6) is 0 Å². The van der Waals surface area contributed by atoms with Crippen molar-refractivity contribution in [2.45, 2.75) is 0 Å². The van der Waals surface area contributed by atoms with Crippen LogP contribution in [-0.4, -0.2) is 19.9 Å². The Labute approximate surface area is 220 Å². The van der Waals surface area contributed by atoms with E-state index in [9.17, 15) is 0 Å². The number of aromatic nitrogens is 4. The maximum Gasteiger partial charge on any atom is 0.181 e. The van der Waals surface area contributed by atoms with Crippen molar-refractivity contribution in [3.05, 3.63) is 134 Å². The van der Waals surface area contributed by atoms with Crippen LogP contribution in [0.4, 0.5) is 0 Å². The summed E-state index contributed by atoms with van der Waals surface area (Å²) in [6, 6.07) is 42.7. The van der Waals surface area contributed by atoms with Crippen LogP contribution in [0.25, 0.3) is 66.6 Å². The van der Waals surface area contributed by atoms with Crippen LogP contribution in [0.1, 0.15) is 0 Å². The van der Waals surface area contributed by atoms with Crippen LogP contribution >= 0.6 is 0 Å². The summed E-state index contributed by atoms with van der Waals surface area (Å²) in [5.74, 6) is 0.560. The van der Waals surface area contributed by atoms with Gasteiger partial charge in [-0.3, -0.25) is 0 Å². The van der Waals surface area contributed by atoms with E-state index in [1.807, 2.05) is 18.2 Å². The molecule has 0 unspecified atom stereocenters. The number of hydrogen-bond donors (Lipinski definition) is 0. The predicted molar refractivity (Wildman–Crippen MR) is 154 cm³/mol. The number of hydrogen-bond acceptors (Lipinski definition) is 4. The smallest absolute Gasteiger partial charge is 0.181 e. The fraction of sp³-hybridized carbons (Fsp3) is 0. The van der Waals surface area contributed by atoms with Crippen molar-refractivity contribution in [1.29, 1.82) is 0 Å². The largest absolute Gasteiger partial charge is 0.244 e. The van der Waals surface area contributed by atoms with Gasteiger partial charge in [0.15, 0.2) is 5.82 Å². The van der Waals surface area contributed by atoms with Crippen molar-refractivity contribution >= 4 is 21.5 Å². The second-order valence-corrected chi connectivity index (χ2v) is 9.16. The van der Waals surface area contributed by atoms with Gasteiger partial charge in [0.2, 0.25) is 0 Å². The molecule has 7 rings (SSSR count). The lowest BCUT2D eigenvalue weighted by Crippen LogP contribution is -1.94. The van der Waals surface area contributed by atoms with Crippen LogP contribution < -0.4 is 0 Å². The van der Waals surface area contributed by atoms with Crippen LogP contribution in [0.3, 0.4) is 0 Å². The SMILES string of the molecule is c1ccc(-c2c3ccccc3c(-c3ccccc3)c3cc(-c4cccc(-c5ncncn5)n4)ccc23)cc1. The number of nitrogens with zero attached hydrogens (tertiary/aromatic N) is 4. The van der Waals surface area contributed by atoms with Gasteiger partial charge in [0.05, 0.1) is 5.69 Å². The van der Waals surface area contributed by atoms with E-state index < -0.39 is 0 Å². The topological polar surface area (TPSA) is 51.6 Å². The second kappa shape index (κ2) is 9.34. The highest BCUT2D eigenvalue weighted by molar-refractivity contribution is 6.21. The molecule has 0 atom stereocenters. The summed E-state index contributed by atoms with van der Waals surface area (Å²) in [7, 11) is 0. The maximum atomic E-state index is 4.91. The van der Waals surface area contributed by atoms with Gasteiger partial charge in [0, 0.05) is 5.56 Å². The fourth-order valence-corrected chi connectivity index (χ4v) is 5.26. The quantitative estimate of drug-likeness (QED) is 0.235. The first-order valence-corrected chi connectivity index (χ1v) is 12.6. The number of benzene rings is 5. The Morgan fingerprint density at radius 2 is 0.947 bits per heavy atom. The number of pyridine rings is 1. The zero-order valence-electron chi connectivity index (χ0n) is 20.5. The van der Waals surface area contributed by atoms with Gasteiger partial charge in [0.1, 0.15) is 18.3 Å². The first kappa shape index (κ1) is 22.0. The van der Waals surface area contributed by atoms with Gasteiger partial charge in [-0.25, -0.2) is 19.9 Å². The highest BCUT2D eigenvalue weighted by Crippen LogP contribution is 2.44. The average molecular weight is 487 g/mol. The summed E-state index contributed by atoms with van der Waals surface area (Å²) < 4.78 is 0. The molecule has 0 radical (unpaired) electrons. The van der Waals surface area contributed by atoms with E-state index in [4.69, 9.17) is 4.98 Å². The molecule has 4 nitrogen and oxygen atoms in total. The summed E-state index contributed by atoms with van der Waals surface area (Å²) in [6.07, 6.45) is 2.99. The van der Waals surface area contributed by atoms with Gasteiger partial charge >= 0.3 is 0 Å². The van der Waals surface area contributed by atoms with E-state index in [0.29, 0.717) is 5.82 Å². The normalized spacial score (nSPS) is 11.2. The molecule has 0 amide bonds. The molecule has 0 aliphatic heterocycles. The molecule has 0 spiro atoms. The zero-order chi connectivity index (χ0) is 25.3. The summed E-state index contributed by atoms with van der Waals surface area (Å²) in [5, 5.41) is 4.88. The third-order valence-corrected chi connectivity index (χ3v) is 6.92. The molecule has 0 aliphatic rings. The van der Waals surface area contributed by atoms with Crippen molar-refractivity contribution < 1.29 is 0 Å². The lowest BCUT2D eigenvalue weighted by molar-refractivity contribution is 1.04. The van der Waals surface area contributed by atoms with E-state index in [0.717, 1.165) is 17.0 Å². The zero-order valence-corrected chi connectivity index (χ0v) is 20.5. The molecule has 178 valence electrons. The lowest BCUT2D eigenvalue weighted by Gasteiger charge is -2.18. The maximum absolute atomic E-state index is 4.91. The number of fused-ring (bicyclic) bond motifs is 2. The molecule has 0 aliphatic carbocycles. The first-order chi connectivity index (χ1) is 18.9. The Kier molecular flexibility index (Phi) is 5.41. The Morgan fingerprint density at radius 1 is 0.395 bits per heavy atom. The molecule has 0 saturated heterocycles. The van der Waals surface area contributed by atoms with E-state index in [1.165, 1.54) is 56.5 Å². The van der Waals surface area contributed by atoms with E-state index >= 15 is 0 Å². The van der Waals surface area contributed by atoms with Gasteiger partial charge in [-0.1, -0.05) is 103 Å². The Hall–Kier alpha value is -5.22. The van der Waals surface area contributed by atoms with E-state index in [-0.39, 0.29) is 0 Å². The molecule has 0 saturated carbocycles. The monoisotopic (exact) mass is 486 g/mol. The highest BCUT2D eigenvalue weighted by Gasteiger charge is 2.17. The van der Waals surface area contributed by atoms with Gasteiger partial charge in [-0.05, 0) is 62.0 Å². The van der Waals surface area contributed by atoms with Gasteiger partial charge in [0.25, 0.3) is 0 Å². The summed E-state index contributed by atoms with van der Waals surface area (Å²) in [5.41, 5.74) is 7.50. The van der Waals surface area contributed by atoms with Crippen molar-refractivity contribution in [1.82, 2.24) is 19.9 Å². The minimum Gasteiger partial charge on any atom is -0.244 e. The average Bonchev–Trinajstić information content (AvgIpc) is 3.01. The Bertz CT molecular complexity index is 1900. The van der Waals surface area contributed by atoms with E-state index in [1.54, 1.807) is 0 Å². The highest BCUT2D eigenvalue weighted by atomic mass is 15.0. The number of rotatable bonds is 4. The van der Waals surface area contributed by atoms with E-state index in [2.05, 4.69) is 118 Å². The van der Waals surface area contributed by atoms with Crippen LogP contribution in [0.2, 0.25) is 0 Å². The minimum absolute atomic E-state index is 0.560. The molecule has 38 heavy (non-hydrogen) atoms. The Balaban J connectivity index is 1.55. The molecule has 5 aromatic carbocycles. The Morgan fingerprint density at radius 3 is 1.61 bits per heavy atom. The molecular formula is C34H22N4. The summed E-state index contributed by atoms with van der Waals surface area (Å²) in [6.45, 7) is 0. The van der Waals surface area contributed by atoms with Gasteiger partial charge in [-0.15, -0.1) is 0 Å². The molecule has 0 bridgehead atoms. The molecular weight excluding hydrogens is 464 g/mol. The fourth-order valence-electron chi connectivity index (χ4n) is 5.26. The van der Waals surface area contributed by atoms with Crippen LogP contribution in [0, 0.1) is 0 Å². The predicted octanol–water partition coefficient (Wildman–Crippen LogP) is 8.24. The summed E-state index contributed by atoms with van der Waals surface area (Å²) in [4.78, 5) is 17.4. The van der Waals surface area contributed by atoms with Crippen molar-refractivity contribution in [3.63, 3.8) is 0 Å². The van der Waals surface area contributed by atoms with Gasteiger partial charge < -0.3 is 0 Å². The second-order valence-electron chi connectivity index (χ2n) is 9.16. The summed E-state index contributed by atoms with van der Waals surface area (Å²) >= 11 is 0. The third-order valence-electron chi connectivity index (χ3n) is 6.92. The molecule has 0 fully saturated rings. The van der Waals surface area contributed by atoms with Crippen molar-refractivity contribution in [2.75, 3.05) is 0 Å². The molecule has 2 aromatic heterocycles. The van der Waals surface area contributed by atoms with Crippen molar-refractivity contribution in [2.24, 2.45) is 0 Å². The van der Waals surface area contributed by atoms with Crippen LogP contribution in [-0.2, 0) is 0 Å². The van der Waals surface area contributed by atoms with Gasteiger partial charge in [-0.2, -0.15) is 0 Å².